The largest absolute Gasteiger partial charge is 0.419 e. The molecule has 3 aromatic rings. The van der Waals surface area contributed by atoms with Crippen LogP contribution in [0.5, 0.6) is 0 Å². The van der Waals surface area contributed by atoms with Crippen LogP contribution in [0.4, 0.5) is 5.69 Å². The van der Waals surface area contributed by atoms with Crippen LogP contribution in [0.3, 0.4) is 0 Å². The van der Waals surface area contributed by atoms with Crippen molar-refractivity contribution in [1.82, 2.24) is 25.0 Å². The fourth-order valence-electron chi connectivity index (χ4n) is 2.78. The van der Waals surface area contributed by atoms with Gasteiger partial charge in [0.1, 0.15) is 5.82 Å². The third kappa shape index (κ3) is 3.68. The Morgan fingerprint density at radius 1 is 1.32 bits per heavy atom. The Bertz CT molecular complexity index is 1010. The number of hydrogen-bond acceptors (Lipinski definition) is 8. The van der Waals surface area contributed by atoms with Crippen LogP contribution in [-0.2, 0) is 6.54 Å². The Morgan fingerprint density at radius 2 is 2.07 bits per heavy atom. The van der Waals surface area contributed by atoms with E-state index in [0.29, 0.717) is 29.8 Å². The number of hydrogen-bond donors (Lipinski definition) is 0. The van der Waals surface area contributed by atoms with Gasteiger partial charge in [-0.15, -0.1) is 27.0 Å². The van der Waals surface area contributed by atoms with Crippen molar-refractivity contribution in [2.45, 2.75) is 42.6 Å². The molecule has 2 aromatic heterocycles. The summed E-state index contributed by atoms with van der Waals surface area (Å²) in [6.45, 7) is 6.44. The number of nitrogens with zero attached hydrogens (tertiary/aromatic N) is 6. The molecule has 1 aliphatic carbocycles. The highest BCUT2D eigenvalue weighted by molar-refractivity contribution is 7.99. The van der Waals surface area contributed by atoms with Crippen LogP contribution in [0.1, 0.15) is 42.6 Å². The van der Waals surface area contributed by atoms with Gasteiger partial charge in [-0.2, -0.15) is 0 Å². The van der Waals surface area contributed by atoms with E-state index in [9.17, 15) is 10.1 Å². The molecule has 1 aromatic carbocycles. The average molecular weight is 398 g/mol. The van der Waals surface area contributed by atoms with Crippen LogP contribution in [0.25, 0.3) is 11.5 Å². The molecule has 0 saturated heterocycles. The number of non-ortho nitro benzene ring substituents is 1. The van der Waals surface area contributed by atoms with Gasteiger partial charge in [0.05, 0.1) is 10.2 Å². The maximum atomic E-state index is 10.8. The molecule has 10 heteroatoms. The van der Waals surface area contributed by atoms with E-state index >= 15 is 0 Å². The predicted octanol–water partition coefficient (Wildman–Crippen LogP) is 4.15. The van der Waals surface area contributed by atoms with Crippen LogP contribution < -0.4 is 0 Å². The standard InChI is InChI=1S/C18H18N6O3S/c1-3-10-23-15(12-4-5-12)19-22-18(23)28-11(2)16-20-21-17(27-16)13-6-8-14(9-7-13)24(25)26/h3,6-9,11-12H,1,4-5,10H2,2H3. The van der Waals surface area contributed by atoms with Gasteiger partial charge >= 0.3 is 0 Å². The van der Waals surface area contributed by atoms with Crippen LogP contribution in [0.15, 0.2) is 46.5 Å². The quantitative estimate of drug-likeness (QED) is 0.241. The minimum absolute atomic E-state index is 0.0143. The molecule has 0 bridgehead atoms. The zero-order chi connectivity index (χ0) is 19.7. The lowest BCUT2D eigenvalue weighted by Crippen LogP contribution is -2.03. The third-order valence-corrected chi connectivity index (χ3v) is 5.46. The predicted molar refractivity (Wildman–Crippen MR) is 103 cm³/mol. The van der Waals surface area contributed by atoms with Crippen LogP contribution in [0, 0.1) is 10.1 Å². The third-order valence-electron chi connectivity index (χ3n) is 4.40. The molecule has 1 atom stereocenters. The molecule has 0 aliphatic heterocycles. The molecule has 4 rings (SSSR count). The van der Waals surface area contributed by atoms with Crippen molar-refractivity contribution in [2.24, 2.45) is 0 Å². The van der Waals surface area contributed by atoms with E-state index < -0.39 is 4.92 Å². The first kappa shape index (κ1) is 18.4. The van der Waals surface area contributed by atoms with Crippen molar-refractivity contribution in [3.8, 4) is 11.5 Å². The molecule has 0 amide bonds. The lowest BCUT2D eigenvalue weighted by atomic mass is 10.2. The van der Waals surface area contributed by atoms with E-state index in [-0.39, 0.29) is 10.9 Å². The maximum absolute atomic E-state index is 10.8. The molecule has 9 nitrogen and oxygen atoms in total. The summed E-state index contributed by atoms with van der Waals surface area (Å²) >= 11 is 1.50. The van der Waals surface area contributed by atoms with Gasteiger partial charge in [0.2, 0.25) is 11.8 Å². The SMILES string of the molecule is C=CCn1c(SC(C)c2nnc(-c3ccc([N+](=O)[O-])cc3)o2)nnc1C1CC1. The Balaban J connectivity index is 1.51. The molecule has 0 N–H and O–H groups in total. The van der Waals surface area contributed by atoms with Gasteiger partial charge in [-0.3, -0.25) is 10.1 Å². The topological polar surface area (TPSA) is 113 Å². The highest BCUT2D eigenvalue weighted by Gasteiger charge is 2.31. The minimum atomic E-state index is -0.447. The van der Waals surface area contributed by atoms with Crippen molar-refractivity contribution in [3.63, 3.8) is 0 Å². The number of allylic oxidation sites excluding steroid dienone is 1. The summed E-state index contributed by atoms with van der Waals surface area (Å²) in [5.74, 6) is 2.28. The molecule has 1 saturated carbocycles. The fourth-order valence-corrected chi connectivity index (χ4v) is 3.68. The molecule has 28 heavy (non-hydrogen) atoms. The van der Waals surface area contributed by atoms with E-state index in [0.717, 1.165) is 23.8 Å². The maximum Gasteiger partial charge on any atom is 0.269 e. The lowest BCUT2D eigenvalue weighted by molar-refractivity contribution is -0.384. The summed E-state index contributed by atoms with van der Waals surface area (Å²) in [4.78, 5) is 10.3. The van der Waals surface area contributed by atoms with Crippen LogP contribution in [-0.4, -0.2) is 29.9 Å². The van der Waals surface area contributed by atoms with Gasteiger partial charge in [0.25, 0.3) is 5.69 Å². The highest BCUT2D eigenvalue weighted by atomic mass is 32.2. The Labute approximate surface area is 165 Å². The van der Waals surface area contributed by atoms with E-state index in [1.165, 1.54) is 23.9 Å². The van der Waals surface area contributed by atoms with Crippen molar-refractivity contribution in [1.29, 1.82) is 0 Å². The zero-order valence-corrected chi connectivity index (χ0v) is 16.0. The van der Waals surface area contributed by atoms with Gasteiger partial charge in [-0.25, -0.2) is 0 Å². The average Bonchev–Trinajstić information content (AvgIpc) is 3.28. The Morgan fingerprint density at radius 3 is 2.71 bits per heavy atom. The summed E-state index contributed by atoms with van der Waals surface area (Å²) in [6, 6.07) is 6.01. The molecule has 0 radical (unpaired) electrons. The van der Waals surface area contributed by atoms with Crippen molar-refractivity contribution >= 4 is 17.4 Å². The van der Waals surface area contributed by atoms with Crippen LogP contribution in [0.2, 0.25) is 0 Å². The normalized spacial score (nSPS) is 14.8. The van der Waals surface area contributed by atoms with Gasteiger partial charge in [-0.05, 0) is 31.9 Å². The fraction of sp³-hybridized carbons (Fsp3) is 0.333. The summed E-state index contributed by atoms with van der Waals surface area (Å²) in [6.07, 6.45) is 4.14. The number of nitro groups is 1. The van der Waals surface area contributed by atoms with Gasteiger partial charge in [-0.1, -0.05) is 17.8 Å². The second kappa shape index (κ2) is 7.55. The van der Waals surface area contributed by atoms with E-state index in [1.54, 1.807) is 12.1 Å². The zero-order valence-electron chi connectivity index (χ0n) is 15.2. The lowest BCUT2D eigenvalue weighted by Gasteiger charge is -2.09. The first-order valence-corrected chi connectivity index (χ1v) is 9.73. The molecule has 1 unspecified atom stereocenters. The van der Waals surface area contributed by atoms with Gasteiger partial charge in [0, 0.05) is 30.2 Å². The summed E-state index contributed by atoms with van der Waals surface area (Å²) in [5.41, 5.74) is 0.646. The first-order chi connectivity index (χ1) is 13.6. The second-order valence-electron chi connectivity index (χ2n) is 6.52. The molecule has 1 aliphatic rings. The molecule has 0 spiro atoms. The van der Waals surface area contributed by atoms with E-state index in [2.05, 4.69) is 31.5 Å². The summed E-state index contributed by atoms with van der Waals surface area (Å²) in [5, 5.41) is 28.3. The number of benzene rings is 1. The number of nitro benzene ring substituents is 1. The van der Waals surface area contributed by atoms with Gasteiger partial charge in [0.15, 0.2) is 5.16 Å². The highest BCUT2D eigenvalue weighted by Crippen LogP contribution is 2.41. The molecular formula is C18H18N6O3S. The van der Waals surface area contributed by atoms with E-state index in [4.69, 9.17) is 4.42 Å². The minimum Gasteiger partial charge on any atom is -0.419 e. The molecule has 2 heterocycles. The van der Waals surface area contributed by atoms with Gasteiger partial charge < -0.3 is 8.98 Å². The molecular weight excluding hydrogens is 380 g/mol. The first-order valence-electron chi connectivity index (χ1n) is 8.85. The number of aromatic nitrogens is 5. The van der Waals surface area contributed by atoms with Crippen molar-refractivity contribution in [2.75, 3.05) is 0 Å². The van der Waals surface area contributed by atoms with Crippen LogP contribution >= 0.6 is 11.8 Å². The van der Waals surface area contributed by atoms with E-state index in [1.807, 2.05) is 13.0 Å². The Hall–Kier alpha value is -3.01. The molecule has 144 valence electrons. The number of rotatable bonds is 8. The summed E-state index contributed by atoms with van der Waals surface area (Å²) in [7, 11) is 0. The molecule has 1 fully saturated rings. The monoisotopic (exact) mass is 398 g/mol. The second-order valence-corrected chi connectivity index (χ2v) is 7.83. The summed E-state index contributed by atoms with van der Waals surface area (Å²) < 4.78 is 7.86. The van der Waals surface area contributed by atoms with Crippen molar-refractivity contribution in [3.05, 3.63) is 58.7 Å². The smallest absolute Gasteiger partial charge is 0.269 e. The number of thioether (sulfide) groups is 1. The van der Waals surface area contributed by atoms with Crippen molar-refractivity contribution < 1.29 is 9.34 Å². The Kier molecular flexibility index (Phi) is 4.95.